The van der Waals surface area contributed by atoms with Crippen LogP contribution in [-0.2, 0) is 14.4 Å². The Morgan fingerprint density at radius 3 is 2.50 bits per heavy atom. The topological polar surface area (TPSA) is 51.2 Å². The molecule has 0 saturated carbocycles. The van der Waals surface area contributed by atoms with Crippen LogP contribution in [0.3, 0.4) is 0 Å². The van der Waals surface area contributed by atoms with E-state index >= 15 is 0 Å². The van der Waals surface area contributed by atoms with Crippen LogP contribution in [0.1, 0.15) is 6.42 Å². The van der Waals surface area contributed by atoms with Gasteiger partial charge in [0.2, 0.25) is 0 Å². The highest BCUT2D eigenvalue weighted by atomic mass is 16.2. The van der Waals surface area contributed by atoms with Gasteiger partial charge in [-0.2, -0.15) is 0 Å². The maximum absolute atomic E-state index is 10.7. The molecule has 0 spiro atoms. The number of hydrogen-bond acceptors (Lipinski definition) is 3. The lowest BCUT2D eigenvalue weighted by Crippen LogP contribution is -2.14. The fraction of sp³-hybridized carbons (Fsp3) is 0.143. The van der Waals surface area contributed by atoms with Crippen molar-refractivity contribution in [2.24, 2.45) is 0 Å². The van der Waals surface area contributed by atoms with Crippen molar-refractivity contribution in [3.05, 3.63) is 17.7 Å². The van der Waals surface area contributed by atoms with Crippen molar-refractivity contribution in [2.75, 3.05) is 0 Å². The van der Waals surface area contributed by atoms with Crippen LogP contribution in [0.5, 0.6) is 0 Å². The van der Waals surface area contributed by atoms with Crippen molar-refractivity contribution < 1.29 is 14.4 Å². The maximum atomic E-state index is 10.7. The lowest BCUT2D eigenvalue weighted by molar-refractivity contribution is -0.119. The van der Waals surface area contributed by atoms with Gasteiger partial charge >= 0.3 is 0 Å². The molecule has 0 fully saturated rings. The fourth-order valence-corrected chi connectivity index (χ4v) is 0.703. The smallest absolute Gasteiger partial charge is 0.200 e. The molecule has 0 aliphatic heterocycles. The van der Waals surface area contributed by atoms with Crippen LogP contribution < -0.4 is 0 Å². The van der Waals surface area contributed by atoms with Crippen LogP contribution in [0.4, 0.5) is 0 Å². The number of carbonyl (C=O) groups is 2. The number of allylic oxidation sites excluding steroid dienone is 3. The zero-order chi connectivity index (χ0) is 7.56. The molecule has 0 aromatic rings. The second-order valence-corrected chi connectivity index (χ2v) is 1.87. The van der Waals surface area contributed by atoms with E-state index in [1.165, 1.54) is 18.1 Å². The Labute approximate surface area is 57.0 Å². The largest absolute Gasteiger partial charge is 0.293 e. The van der Waals surface area contributed by atoms with Crippen molar-refractivity contribution in [1.29, 1.82) is 0 Å². The first kappa shape index (κ1) is 6.65. The first-order valence-corrected chi connectivity index (χ1v) is 2.75. The SMILES string of the molecule is O=C=C1C(=O)C=CCC1=O. The summed E-state index contributed by atoms with van der Waals surface area (Å²) < 4.78 is 0. The number of carbonyl (C=O) groups excluding carboxylic acids is 3. The predicted molar refractivity (Wildman–Crippen MR) is 33.0 cm³/mol. The van der Waals surface area contributed by atoms with E-state index in [2.05, 4.69) is 0 Å². The van der Waals surface area contributed by atoms with Crippen LogP contribution >= 0.6 is 0 Å². The van der Waals surface area contributed by atoms with E-state index in [0.717, 1.165) is 0 Å². The zero-order valence-electron chi connectivity index (χ0n) is 5.09. The Kier molecular flexibility index (Phi) is 1.61. The van der Waals surface area contributed by atoms with Crippen molar-refractivity contribution in [1.82, 2.24) is 0 Å². The summed E-state index contributed by atoms with van der Waals surface area (Å²) in [4.78, 5) is 31.2. The molecular weight excluding hydrogens is 132 g/mol. The number of hydrogen-bond donors (Lipinski definition) is 0. The summed E-state index contributed by atoms with van der Waals surface area (Å²) >= 11 is 0. The molecule has 1 aliphatic carbocycles. The Morgan fingerprint density at radius 1 is 1.40 bits per heavy atom. The summed E-state index contributed by atoms with van der Waals surface area (Å²) in [5, 5.41) is 0. The molecule has 50 valence electrons. The minimum atomic E-state index is -0.536. The van der Waals surface area contributed by atoms with Crippen molar-refractivity contribution >= 4 is 17.5 Å². The molecule has 0 radical (unpaired) electrons. The minimum absolute atomic E-state index is 0.135. The highest BCUT2D eigenvalue weighted by Gasteiger charge is 2.19. The Balaban J connectivity index is 3.12. The monoisotopic (exact) mass is 136 g/mol. The number of Topliss-reactive ketones (excluding diaryl/α,β-unsaturated/α-hetero) is 1. The first-order chi connectivity index (χ1) is 4.75. The Bertz CT molecular complexity index is 267. The molecule has 0 amide bonds. The van der Waals surface area contributed by atoms with Gasteiger partial charge in [-0.25, -0.2) is 4.79 Å². The molecule has 0 heterocycles. The lowest BCUT2D eigenvalue weighted by atomic mass is 10.0. The average Bonchev–Trinajstić information content (AvgIpc) is 1.88. The molecule has 10 heavy (non-hydrogen) atoms. The van der Waals surface area contributed by atoms with E-state index in [4.69, 9.17) is 0 Å². The van der Waals surface area contributed by atoms with Gasteiger partial charge in [-0.3, -0.25) is 9.59 Å². The molecule has 0 aromatic heterocycles. The normalized spacial score (nSPS) is 17.4. The highest BCUT2D eigenvalue weighted by molar-refractivity contribution is 6.30. The van der Waals surface area contributed by atoms with Gasteiger partial charge < -0.3 is 0 Å². The third-order valence-corrected chi connectivity index (χ3v) is 1.20. The van der Waals surface area contributed by atoms with Crippen LogP contribution in [0.2, 0.25) is 0 Å². The Morgan fingerprint density at radius 2 is 2.10 bits per heavy atom. The molecule has 0 aromatic carbocycles. The second kappa shape index (κ2) is 2.42. The van der Waals surface area contributed by atoms with Gasteiger partial charge in [0.1, 0.15) is 11.5 Å². The van der Waals surface area contributed by atoms with Gasteiger partial charge in [-0.15, -0.1) is 0 Å². The summed E-state index contributed by atoms with van der Waals surface area (Å²) in [6.45, 7) is 0. The van der Waals surface area contributed by atoms with Gasteiger partial charge in [0.15, 0.2) is 11.6 Å². The lowest BCUT2D eigenvalue weighted by Gasteiger charge is -1.99. The van der Waals surface area contributed by atoms with E-state index in [0.29, 0.717) is 0 Å². The molecule has 0 saturated heterocycles. The molecular formula is C7H4O3. The standard InChI is InChI=1S/C7H4O3/c8-4-5-6(9)2-1-3-7(5)10/h1-2H,3H2. The zero-order valence-corrected chi connectivity index (χ0v) is 5.09. The van der Waals surface area contributed by atoms with E-state index < -0.39 is 11.6 Å². The summed E-state index contributed by atoms with van der Waals surface area (Å²) in [6, 6.07) is 0. The molecule has 0 unspecified atom stereocenters. The third-order valence-electron chi connectivity index (χ3n) is 1.20. The molecule has 0 N–H and O–H groups in total. The molecule has 1 rings (SSSR count). The van der Waals surface area contributed by atoms with E-state index in [-0.39, 0.29) is 12.0 Å². The molecule has 3 heteroatoms. The maximum Gasteiger partial charge on any atom is 0.200 e. The van der Waals surface area contributed by atoms with Gasteiger partial charge in [-0.05, 0) is 6.08 Å². The van der Waals surface area contributed by atoms with Crippen LogP contribution in [0, 0.1) is 0 Å². The first-order valence-electron chi connectivity index (χ1n) is 2.75. The van der Waals surface area contributed by atoms with Crippen molar-refractivity contribution in [2.45, 2.75) is 6.42 Å². The number of ketones is 2. The summed E-state index contributed by atoms with van der Waals surface area (Å²) in [6.07, 6.45) is 2.78. The van der Waals surface area contributed by atoms with Crippen LogP contribution in [0.15, 0.2) is 17.7 Å². The van der Waals surface area contributed by atoms with Gasteiger partial charge in [0.05, 0.1) is 0 Å². The van der Waals surface area contributed by atoms with Crippen molar-refractivity contribution in [3.8, 4) is 0 Å². The predicted octanol–water partition coefficient (Wildman–Crippen LogP) is -0.157. The summed E-state index contributed by atoms with van der Waals surface area (Å²) in [5.74, 6) is 0.342. The van der Waals surface area contributed by atoms with E-state index in [1.54, 1.807) is 0 Å². The second-order valence-electron chi connectivity index (χ2n) is 1.87. The molecule has 3 nitrogen and oxygen atoms in total. The van der Waals surface area contributed by atoms with E-state index in [9.17, 15) is 14.4 Å². The van der Waals surface area contributed by atoms with Crippen LogP contribution in [0.25, 0.3) is 0 Å². The molecule has 0 bridgehead atoms. The third kappa shape index (κ3) is 0.946. The number of rotatable bonds is 0. The van der Waals surface area contributed by atoms with Crippen molar-refractivity contribution in [3.63, 3.8) is 0 Å². The molecule has 1 aliphatic rings. The quantitative estimate of drug-likeness (QED) is 0.264. The minimum Gasteiger partial charge on any atom is -0.293 e. The highest BCUT2D eigenvalue weighted by Crippen LogP contribution is 2.05. The average molecular weight is 136 g/mol. The van der Waals surface area contributed by atoms with Gasteiger partial charge in [0.25, 0.3) is 0 Å². The Hall–Kier alpha value is -1.47. The van der Waals surface area contributed by atoms with E-state index in [1.807, 2.05) is 0 Å². The van der Waals surface area contributed by atoms with Gasteiger partial charge in [0, 0.05) is 6.42 Å². The fourth-order valence-electron chi connectivity index (χ4n) is 0.703. The van der Waals surface area contributed by atoms with Gasteiger partial charge in [-0.1, -0.05) is 6.08 Å². The molecule has 0 atom stereocenters. The summed E-state index contributed by atoms with van der Waals surface area (Å²) in [5.41, 5.74) is -0.359. The summed E-state index contributed by atoms with van der Waals surface area (Å²) in [7, 11) is 0. The van der Waals surface area contributed by atoms with Crippen LogP contribution in [-0.4, -0.2) is 17.5 Å².